The normalized spacial score (nSPS) is 11.1. The molecular weight excluding hydrogens is 242 g/mol. The van der Waals surface area contributed by atoms with Gasteiger partial charge in [-0.3, -0.25) is 0 Å². The van der Waals surface area contributed by atoms with Gasteiger partial charge < -0.3 is 4.57 Å². The summed E-state index contributed by atoms with van der Waals surface area (Å²) in [6.45, 7) is 0. The molecule has 80 valence electrons. The zero-order valence-corrected chi connectivity index (χ0v) is 10.1. The summed E-state index contributed by atoms with van der Waals surface area (Å²) < 4.78 is 1.99. The van der Waals surface area contributed by atoms with Crippen LogP contribution >= 0.6 is 22.9 Å². The Bertz CT molecular complexity index is 656. The molecule has 0 atom stereocenters. The van der Waals surface area contributed by atoms with Gasteiger partial charge in [-0.25, -0.2) is 9.97 Å². The molecule has 0 aliphatic rings. The van der Waals surface area contributed by atoms with E-state index in [0.29, 0.717) is 5.15 Å². The third kappa shape index (κ3) is 1.50. The molecule has 3 rings (SSSR count). The van der Waals surface area contributed by atoms with Crippen molar-refractivity contribution in [2.75, 3.05) is 0 Å². The van der Waals surface area contributed by atoms with Gasteiger partial charge in [-0.15, -0.1) is 11.3 Å². The van der Waals surface area contributed by atoms with Crippen LogP contribution in [0.25, 0.3) is 21.6 Å². The minimum Gasteiger partial charge on any atom is -0.334 e. The fourth-order valence-corrected chi connectivity index (χ4v) is 2.60. The second-order valence-electron chi connectivity index (χ2n) is 3.53. The first-order valence-electron chi connectivity index (χ1n) is 4.76. The van der Waals surface area contributed by atoms with Crippen LogP contribution in [0.2, 0.25) is 5.15 Å². The Morgan fingerprint density at radius 2 is 2.25 bits per heavy atom. The van der Waals surface area contributed by atoms with Crippen molar-refractivity contribution in [2.45, 2.75) is 0 Å². The highest BCUT2D eigenvalue weighted by Crippen LogP contribution is 2.27. The third-order valence-electron chi connectivity index (χ3n) is 2.45. The topological polar surface area (TPSA) is 30.7 Å². The molecule has 0 radical (unpaired) electrons. The summed E-state index contributed by atoms with van der Waals surface area (Å²) in [6, 6.07) is 6.12. The number of benzene rings is 1. The number of aryl methyl sites for hydroxylation is 1. The Balaban J connectivity index is 2.18. The lowest BCUT2D eigenvalue weighted by Gasteiger charge is -1.97. The van der Waals surface area contributed by atoms with Gasteiger partial charge >= 0.3 is 0 Å². The molecule has 0 saturated carbocycles. The number of halogens is 1. The van der Waals surface area contributed by atoms with E-state index in [1.54, 1.807) is 11.3 Å². The highest BCUT2D eigenvalue weighted by Gasteiger charge is 2.06. The van der Waals surface area contributed by atoms with Crippen LogP contribution < -0.4 is 0 Å². The van der Waals surface area contributed by atoms with E-state index < -0.39 is 0 Å². The maximum Gasteiger partial charge on any atom is 0.140 e. The maximum absolute atomic E-state index is 5.81. The number of fused-ring (bicyclic) bond motifs is 1. The number of imidazole rings is 1. The molecule has 0 bridgehead atoms. The molecule has 0 unspecified atom stereocenters. The minimum absolute atomic E-state index is 0.543. The zero-order chi connectivity index (χ0) is 11.1. The lowest BCUT2D eigenvalue weighted by molar-refractivity contribution is 0.948. The largest absolute Gasteiger partial charge is 0.334 e. The molecule has 1 aromatic carbocycles. The predicted octanol–water partition coefficient (Wildman–Crippen LogP) is 3.35. The third-order valence-corrected chi connectivity index (χ3v) is 3.66. The van der Waals surface area contributed by atoms with Gasteiger partial charge in [0.2, 0.25) is 0 Å². The number of rotatable bonds is 1. The molecule has 16 heavy (non-hydrogen) atoms. The molecule has 0 spiro atoms. The van der Waals surface area contributed by atoms with Crippen LogP contribution in [0.1, 0.15) is 0 Å². The van der Waals surface area contributed by atoms with Gasteiger partial charge in [0.15, 0.2) is 0 Å². The highest BCUT2D eigenvalue weighted by molar-refractivity contribution is 7.13. The van der Waals surface area contributed by atoms with E-state index in [2.05, 4.69) is 9.97 Å². The Kier molecular flexibility index (Phi) is 2.19. The van der Waals surface area contributed by atoms with Crippen LogP contribution in [0.15, 0.2) is 29.9 Å². The van der Waals surface area contributed by atoms with Crippen molar-refractivity contribution in [2.24, 2.45) is 7.05 Å². The van der Waals surface area contributed by atoms with Crippen molar-refractivity contribution in [3.05, 3.63) is 35.1 Å². The van der Waals surface area contributed by atoms with Gasteiger partial charge in [0.05, 0.1) is 17.4 Å². The van der Waals surface area contributed by atoms with Gasteiger partial charge in [-0.2, -0.15) is 0 Å². The summed E-state index contributed by atoms with van der Waals surface area (Å²) in [7, 11) is 1.98. The second kappa shape index (κ2) is 3.57. The van der Waals surface area contributed by atoms with E-state index in [1.165, 1.54) is 0 Å². The number of nitrogens with zero attached hydrogens (tertiary/aromatic N) is 3. The minimum atomic E-state index is 0.543. The molecule has 3 aromatic rings. The van der Waals surface area contributed by atoms with Gasteiger partial charge in [-0.1, -0.05) is 11.6 Å². The molecule has 0 aliphatic heterocycles. The van der Waals surface area contributed by atoms with Gasteiger partial charge in [0, 0.05) is 18.0 Å². The second-order valence-corrected chi connectivity index (χ2v) is 4.78. The van der Waals surface area contributed by atoms with Crippen molar-refractivity contribution in [3.8, 4) is 10.6 Å². The molecule has 0 fully saturated rings. The van der Waals surface area contributed by atoms with Crippen LogP contribution in [0.5, 0.6) is 0 Å². The average molecular weight is 250 g/mol. The maximum atomic E-state index is 5.81. The lowest BCUT2D eigenvalue weighted by Crippen LogP contribution is -1.83. The van der Waals surface area contributed by atoms with E-state index in [4.69, 9.17) is 11.6 Å². The van der Waals surface area contributed by atoms with Crippen molar-refractivity contribution in [1.29, 1.82) is 0 Å². The number of hydrogen-bond acceptors (Lipinski definition) is 3. The van der Waals surface area contributed by atoms with E-state index in [0.717, 1.165) is 21.6 Å². The SMILES string of the molecule is Cn1cnc2cc(-c3nc(Cl)cs3)ccc21. The first-order valence-corrected chi connectivity index (χ1v) is 6.02. The van der Waals surface area contributed by atoms with E-state index >= 15 is 0 Å². The lowest BCUT2D eigenvalue weighted by atomic mass is 10.2. The molecule has 2 aromatic heterocycles. The monoisotopic (exact) mass is 249 g/mol. The Hall–Kier alpha value is -1.39. The quantitative estimate of drug-likeness (QED) is 0.662. The Morgan fingerprint density at radius 1 is 1.38 bits per heavy atom. The van der Waals surface area contributed by atoms with Crippen LogP contribution in [0, 0.1) is 0 Å². The van der Waals surface area contributed by atoms with E-state index in [1.807, 2.05) is 41.5 Å². The van der Waals surface area contributed by atoms with Crippen LogP contribution in [0.4, 0.5) is 0 Å². The van der Waals surface area contributed by atoms with E-state index in [9.17, 15) is 0 Å². The first-order chi connectivity index (χ1) is 7.74. The van der Waals surface area contributed by atoms with Gasteiger partial charge in [0.25, 0.3) is 0 Å². The molecule has 0 N–H and O–H groups in total. The molecule has 2 heterocycles. The smallest absolute Gasteiger partial charge is 0.140 e. The Morgan fingerprint density at radius 3 is 3.00 bits per heavy atom. The first kappa shape index (κ1) is 9.81. The van der Waals surface area contributed by atoms with Crippen molar-refractivity contribution in [3.63, 3.8) is 0 Å². The molecule has 0 amide bonds. The molecule has 3 nitrogen and oxygen atoms in total. The summed E-state index contributed by atoms with van der Waals surface area (Å²) in [6.07, 6.45) is 1.81. The molecule has 0 saturated heterocycles. The molecular formula is C11H8ClN3S. The summed E-state index contributed by atoms with van der Waals surface area (Å²) in [4.78, 5) is 8.56. The summed E-state index contributed by atoms with van der Waals surface area (Å²) in [5.41, 5.74) is 3.15. The molecule has 5 heteroatoms. The summed E-state index contributed by atoms with van der Waals surface area (Å²) in [5.74, 6) is 0. The zero-order valence-electron chi connectivity index (χ0n) is 8.51. The number of hydrogen-bond donors (Lipinski definition) is 0. The summed E-state index contributed by atoms with van der Waals surface area (Å²) >= 11 is 7.35. The van der Waals surface area contributed by atoms with E-state index in [-0.39, 0.29) is 0 Å². The molecule has 0 aliphatic carbocycles. The number of aromatic nitrogens is 3. The van der Waals surface area contributed by atoms with Crippen LogP contribution in [-0.4, -0.2) is 14.5 Å². The Labute approximate surface area is 101 Å². The van der Waals surface area contributed by atoms with Crippen molar-refractivity contribution in [1.82, 2.24) is 14.5 Å². The van der Waals surface area contributed by atoms with Crippen LogP contribution in [-0.2, 0) is 7.05 Å². The van der Waals surface area contributed by atoms with Crippen molar-refractivity contribution >= 4 is 34.0 Å². The van der Waals surface area contributed by atoms with Crippen LogP contribution in [0.3, 0.4) is 0 Å². The van der Waals surface area contributed by atoms with Gasteiger partial charge in [0.1, 0.15) is 10.2 Å². The predicted molar refractivity (Wildman–Crippen MR) is 66.8 cm³/mol. The van der Waals surface area contributed by atoms with Gasteiger partial charge in [-0.05, 0) is 18.2 Å². The number of thiazole rings is 1. The fraction of sp³-hybridized carbons (Fsp3) is 0.0909. The van der Waals surface area contributed by atoms with Crippen molar-refractivity contribution < 1.29 is 0 Å². The standard InChI is InChI=1S/C11H8ClN3S/c1-15-6-13-8-4-7(2-3-9(8)15)11-14-10(12)5-16-11/h2-6H,1H3. The summed E-state index contributed by atoms with van der Waals surface area (Å²) in [5, 5.41) is 3.30. The fourth-order valence-electron chi connectivity index (χ4n) is 1.66. The average Bonchev–Trinajstić information content (AvgIpc) is 2.86. The highest BCUT2D eigenvalue weighted by atomic mass is 35.5.